The van der Waals surface area contributed by atoms with Gasteiger partial charge in [-0.25, -0.2) is 0 Å². The summed E-state index contributed by atoms with van der Waals surface area (Å²) >= 11 is 0. The average Bonchev–Trinajstić information content (AvgIpc) is 3.10. The molecule has 0 aromatic carbocycles. The Balaban J connectivity index is 2.22. The number of aromatic nitrogens is 4. The van der Waals surface area contributed by atoms with Crippen LogP contribution in [0, 0.1) is 0 Å². The lowest BCUT2D eigenvalue weighted by molar-refractivity contribution is 0.0923. The minimum Gasteiger partial charge on any atom is -0.342 e. The highest BCUT2D eigenvalue weighted by atomic mass is 16.2. The van der Waals surface area contributed by atoms with E-state index in [4.69, 9.17) is 0 Å². The molecule has 22 heavy (non-hydrogen) atoms. The van der Waals surface area contributed by atoms with E-state index < -0.39 is 0 Å². The van der Waals surface area contributed by atoms with E-state index in [0.29, 0.717) is 18.2 Å². The summed E-state index contributed by atoms with van der Waals surface area (Å²) in [5.74, 6) is 0.215. The Morgan fingerprint density at radius 2 is 2.09 bits per heavy atom. The minimum absolute atomic E-state index is 0.0530. The van der Waals surface area contributed by atoms with Gasteiger partial charge < -0.3 is 5.32 Å². The SMILES string of the molecule is CC[C@@H](NC(=O)c1cc(C(C)C)nn1CC)c1ccnn1C. The summed E-state index contributed by atoms with van der Waals surface area (Å²) in [7, 11) is 1.89. The Morgan fingerprint density at radius 1 is 1.36 bits per heavy atom. The first-order valence-corrected chi connectivity index (χ1v) is 7.84. The van der Waals surface area contributed by atoms with Gasteiger partial charge in [0.15, 0.2) is 0 Å². The van der Waals surface area contributed by atoms with Crippen LogP contribution in [0.3, 0.4) is 0 Å². The van der Waals surface area contributed by atoms with Crippen LogP contribution in [0.5, 0.6) is 0 Å². The molecule has 1 N–H and O–H groups in total. The van der Waals surface area contributed by atoms with E-state index >= 15 is 0 Å². The fraction of sp³-hybridized carbons (Fsp3) is 0.562. The predicted molar refractivity (Wildman–Crippen MR) is 85.7 cm³/mol. The van der Waals surface area contributed by atoms with Gasteiger partial charge >= 0.3 is 0 Å². The lowest BCUT2D eigenvalue weighted by atomic mass is 10.1. The summed E-state index contributed by atoms with van der Waals surface area (Å²) in [4.78, 5) is 12.6. The van der Waals surface area contributed by atoms with Crippen molar-refractivity contribution in [3.05, 3.63) is 35.4 Å². The first-order valence-electron chi connectivity index (χ1n) is 7.84. The summed E-state index contributed by atoms with van der Waals surface area (Å²) in [6.07, 6.45) is 2.56. The van der Waals surface area contributed by atoms with E-state index in [-0.39, 0.29) is 11.9 Å². The lowest BCUT2D eigenvalue weighted by Gasteiger charge is -2.17. The monoisotopic (exact) mass is 303 g/mol. The Morgan fingerprint density at radius 3 is 2.59 bits per heavy atom. The van der Waals surface area contributed by atoms with E-state index in [2.05, 4.69) is 36.3 Å². The first kappa shape index (κ1) is 16.3. The molecule has 0 aliphatic carbocycles. The highest BCUT2D eigenvalue weighted by Gasteiger charge is 2.21. The molecular formula is C16H25N5O. The van der Waals surface area contributed by atoms with Gasteiger partial charge in [0.25, 0.3) is 5.91 Å². The minimum atomic E-state index is -0.0886. The Hall–Kier alpha value is -2.11. The maximum absolute atomic E-state index is 12.6. The Bertz CT molecular complexity index is 641. The summed E-state index contributed by atoms with van der Waals surface area (Å²) in [5, 5.41) is 11.8. The molecule has 0 fully saturated rings. The molecule has 0 unspecified atom stereocenters. The fourth-order valence-corrected chi connectivity index (χ4v) is 2.49. The lowest BCUT2D eigenvalue weighted by Crippen LogP contribution is -2.31. The van der Waals surface area contributed by atoms with Crippen LogP contribution in [0.2, 0.25) is 0 Å². The zero-order valence-corrected chi connectivity index (χ0v) is 14.0. The molecule has 2 heterocycles. The van der Waals surface area contributed by atoms with Crippen LogP contribution in [0.25, 0.3) is 0 Å². The van der Waals surface area contributed by atoms with Gasteiger partial charge in [0, 0.05) is 19.8 Å². The van der Waals surface area contributed by atoms with Crippen molar-refractivity contribution in [3.8, 4) is 0 Å². The van der Waals surface area contributed by atoms with Gasteiger partial charge in [-0.15, -0.1) is 0 Å². The Kier molecular flexibility index (Phi) is 5.00. The molecule has 1 atom stereocenters. The third-order valence-corrected chi connectivity index (χ3v) is 3.85. The normalized spacial score (nSPS) is 12.6. The number of carbonyl (C=O) groups is 1. The number of nitrogens with zero attached hydrogens (tertiary/aromatic N) is 4. The number of aryl methyl sites for hydroxylation is 2. The number of rotatable bonds is 6. The first-order chi connectivity index (χ1) is 10.5. The zero-order chi connectivity index (χ0) is 16.3. The molecule has 2 rings (SSSR count). The fourth-order valence-electron chi connectivity index (χ4n) is 2.49. The third-order valence-electron chi connectivity index (χ3n) is 3.85. The maximum Gasteiger partial charge on any atom is 0.270 e. The second kappa shape index (κ2) is 6.77. The molecule has 2 aromatic heterocycles. The summed E-state index contributed by atoms with van der Waals surface area (Å²) < 4.78 is 3.56. The van der Waals surface area contributed by atoms with Crippen LogP contribution >= 0.6 is 0 Å². The third kappa shape index (κ3) is 3.21. The van der Waals surface area contributed by atoms with E-state index in [1.165, 1.54) is 0 Å². The van der Waals surface area contributed by atoms with Crippen molar-refractivity contribution < 1.29 is 4.79 Å². The molecule has 0 spiro atoms. The summed E-state index contributed by atoms with van der Waals surface area (Å²) in [6, 6.07) is 3.77. The van der Waals surface area contributed by atoms with Gasteiger partial charge in [-0.05, 0) is 31.4 Å². The molecule has 2 aromatic rings. The van der Waals surface area contributed by atoms with Crippen molar-refractivity contribution in [3.63, 3.8) is 0 Å². The maximum atomic E-state index is 12.6. The van der Waals surface area contributed by atoms with Crippen molar-refractivity contribution in [2.45, 2.75) is 52.6 Å². The molecule has 6 heteroatoms. The smallest absolute Gasteiger partial charge is 0.270 e. The molecule has 0 saturated carbocycles. The molecule has 120 valence electrons. The van der Waals surface area contributed by atoms with Gasteiger partial charge in [-0.1, -0.05) is 20.8 Å². The second-order valence-corrected chi connectivity index (χ2v) is 5.74. The second-order valence-electron chi connectivity index (χ2n) is 5.74. The quantitative estimate of drug-likeness (QED) is 0.892. The summed E-state index contributed by atoms with van der Waals surface area (Å²) in [6.45, 7) is 8.88. The predicted octanol–water partition coefficient (Wildman–Crippen LogP) is 2.64. The number of hydrogen-bond acceptors (Lipinski definition) is 3. The van der Waals surface area contributed by atoms with Crippen LogP contribution in [-0.4, -0.2) is 25.5 Å². The van der Waals surface area contributed by atoms with Crippen LogP contribution < -0.4 is 5.32 Å². The van der Waals surface area contributed by atoms with Crippen LogP contribution in [0.4, 0.5) is 0 Å². The van der Waals surface area contributed by atoms with Crippen molar-refractivity contribution in [2.75, 3.05) is 0 Å². The van der Waals surface area contributed by atoms with Crippen LogP contribution in [0.1, 0.15) is 68.0 Å². The molecule has 0 bridgehead atoms. The molecule has 0 aliphatic heterocycles. The van der Waals surface area contributed by atoms with E-state index in [9.17, 15) is 4.79 Å². The van der Waals surface area contributed by atoms with Gasteiger partial charge in [-0.3, -0.25) is 14.2 Å². The largest absolute Gasteiger partial charge is 0.342 e. The molecular weight excluding hydrogens is 278 g/mol. The molecule has 0 radical (unpaired) electrons. The van der Waals surface area contributed by atoms with E-state index in [0.717, 1.165) is 17.8 Å². The van der Waals surface area contributed by atoms with Crippen molar-refractivity contribution >= 4 is 5.91 Å². The van der Waals surface area contributed by atoms with Crippen LogP contribution in [0.15, 0.2) is 18.3 Å². The van der Waals surface area contributed by atoms with Gasteiger partial charge in [0.1, 0.15) is 5.69 Å². The highest BCUT2D eigenvalue weighted by molar-refractivity contribution is 5.93. The van der Waals surface area contributed by atoms with Crippen molar-refractivity contribution in [1.29, 1.82) is 0 Å². The summed E-state index contributed by atoms with van der Waals surface area (Å²) in [5.41, 5.74) is 2.56. The zero-order valence-electron chi connectivity index (χ0n) is 14.0. The molecule has 0 aliphatic rings. The average molecular weight is 303 g/mol. The number of carbonyl (C=O) groups excluding carboxylic acids is 1. The Labute approximate surface area is 131 Å². The molecule has 6 nitrogen and oxygen atoms in total. The van der Waals surface area contributed by atoms with Gasteiger partial charge in [0.2, 0.25) is 0 Å². The van der Waals surface area contributed by atoms with Crippen molar-refractivity contribution in [2.24, 2.45) is 7.05 Å². The molecule has 0 saturated heterocycles. The van der Waals surface area contributed by atoms with Crippen LogP contribution in [-0.2, 0) is 13.6 Å². The standard InChI is InChI=1S/C16H25N5O/c1-6-12(14-8-9-17-20(14)5)18-16(22)15-10-13(11(3)4)19-21(15)7-2/h8-12H,6-7H2,1-5H3,(H,18,22)/t12-/m1/s1. The van der Waals surface area contributed by atoms with Crippen molar-refractivity contribution in [1.82, 2.24) is 24.9 Å². The number of nitrogens with one attached hydrogen (secondary N) is 1. The van der Waals surface area contributed by atoms with E-state index in [1.807, 2.05) is 26.1 Å². The van der Waals surface area contributed by atoms with Gasteiger partial charge in [0.05, 0.1) is 17.4 Å². The topological polar surface area (TPSA) is 64.7 Å². The highest BCUT2D eigenvalue weighted by Crippen LogP contribution is 2.18. The van der Waals surface area contributed by atoms with E-state index in [1.54, 1.807) is 15.6 Å². The number of hydrogen-bond donors (Lipinski definition) is 1. The van der Waals surface area contributed by atoms with Gasteiger partial charge in [-0.2, -0.15) is 10.2 Å². The number of amides is 1. The molecule has 1 amide bonds.